The van der Waals surface area contributed by atoms with Crippen LogP contribution in [0.1, 0.15) is 53.4 Å². The van der Waals surface area contributed by atoms with Gasteiger partial charge in [-0.1, -0.05) is 20.3 Å². The molecule has 5 unspecified atom stereocenters. The molecule has 0 spiro atoms. The van der Waals surface area contributed by atoms with E-state index in [2.05, 4.69) is 6.92 Å². The molecule has 2 bridgehead atoms. The van der Waals surface area contributed by atoms with Crippen molar-refractivity contribution in [2.75, 3.05) is 0 Å². The minimum atomic E-state index is -0.683. The normalized spacial score (nSPS) is 38.3. The van der Waals surface area contributed by atoms with E-state index < -0.39 is 11.7 Å². The van der Waals surface area contributed by atoms with Crippen LogP contribution in [0.2, 0.25) is 0 Å². The molecule has 2 aliphatic rings. The van der Waals surface area contributed by atoms with Gasteiger partial charge in [0.25, 0.3) is 0 Å². The molecule has 0 amide bonds. The molecular weight excluding hydrogens is 244 g/mol. The van der Waals surface area contributed by atoms with E-state index in [1.807, 2.05) is 20.8 Å². The largest absolute Gasteiger partial charge is 0.459 e. The van der Waals surface area contributed by atoms with Gasteiger partial charge in [0.1, 0.15) is 12.2 Å². The summed E-state index contributed by atoms with van der Waals surface area (Å²) >= 11 is 0. The lowest BCUT2D eigenvalue weighted by atomic mass is 9.76. The van der Waals surface area contributed by atoms with Gasteiger partial charge in [-0.2, -0.15) is 0 Å². The highest BCUT2D eigenvalue weighted by molar-refractivity contribution is 5.76. The molecule has 1 N–H and O–H groups in total. The lowest BCUT2D eigenvalue weighted by Crippen LogP contribution is -2.42. The van der Waals surface area contributed by atoms with E-state index in [1.165, 1.54) is 0 Å². The highest BCUT2D eigenvalue weighted by atomic mass is 16.6. The van der Waals surface area contributed by atoms with Gasteiger partial charge < -0.3 is 14.6 Å². The van der Waals surface area contributed by atoms with Crippen molar-refractivity contribution in [3.63, 3.8) is 0 Å². The SMILES string of the molecule is CCC1C2CCC(OC(=O)C(C)(C)CC)C1OC2O. The summed E-state index contributed by atoms with van der Waals surface area (Å²) in [7, 11) is 0. The van der Waals surface area contributed by atoms with Crippen molar-refractivity contribution in [1.29, 1.82) is 0 Å². The quantitative estimate of drug-likeness (QED) is 0.797. The second kappa shape index (κ2) is 5.41. The van der Waals surface area contributed by atoms with Gasteiger partial charge in [0.2, 0.25) is 0 Å². The van der Waals surface area contributed by atoms with Crippen molar-refractivity contribution in [2.45, 2.75) is 71.9 Å². The van der Waals surface area contributed by atoms with Crippen molar-refractivity contribution < 1.29 is 19.4 Å². The number of fused-ring (bicyclic) bond motifs is 2. The Balaban J connectivity index is 2.04. The number of rotatable bonds is 4. The van der Waals surface area contributed by atoms with Gasteiger partial charge in [-0.3, -0.25) is 4.79 Å². The molecule has 1 aliphatic heterocycles. The summed E-state index contributed by atoms with van der Waals surface area (Å²) in [6.45, 7) is 7.90. The van der Waals surface area contributed by atoms with Crippen LogP contribution in [-0.2, 0) is 14.3 Å². The topological polar surface area (TPSA) is 55.8 Å². The first-order valence-corrected chi connectivity index (χ1v) is 7.45. The van der Waals surface area contributed by atoms with E-state index in [9.17, 15) is 9.90 Å². The molecule has 2 fully saturated rings. The third kappa shape index (κ3) is 2.65. The number of carbonyl (C=O) groups is 1. The van der Waals surface area contributed by atoms with Gasteiger partial charge >= 0.3 is 5.97 Å². The fourth-order valence-electron chi connectivity index (χ4n) is 3.16. The van der Waals surface area contributed by atoms with Crippen LogP contribution in [0.15, 0.2) is 0 Å². The molecular formula is C15H26O4. The highest BCUT2D eigenvalue weighted by Crippen LogP contribution is 2.45. The Morgan fingerprint density at radius 3 is 2.63 bits per heavy atom. The summed E-state index contributed by atoms with van der Waals surface area (Å²) in [6.07, 6.45) is 2.38. The molecule has 0 radical (unpaired) electrons. The van der Waals surface area contributed by atoms with Gasteiger partial charge in [0.15, 0.2) is 6.29 Å². The summed E-state index contributed by atoms with van der Waals surface area (Å²) in [5.74, 6) is 0.369. The number of aliphatic hydroxyl groups excluding tert-OH is 1. The number of esters is 1. The zero-order chi connectivity index (χ0) is 14.2. The molecule has 4 heteroatoms. The Kier molecular flexibility index (Phi) is 4.21. The van der Waals surface area contributed by atoms with E-state index in [1.54, 1.807) is 0 Å². The number of aliphatic hydroxyl groups is 1. The second-order valence-corrected chi connectivity index (χ2v) is 6.49. The summed E-state index contributed by atoms with van der Waals surface area (Å²) in [5, 5.41) is 9.90. The maximum atomic E-state index is 12.2. The fourth-order valence-corrected chi connectivity index (χ4v) is 3.16. The number of hydrogen-bond donors (Lipinski definition) is 1. The van der Waals surface area contributed by atoms with Crippen molar-refractivity contribution in [2.24, 2.45) is 17.3 Å². The minimum absolute atomic E-state index is 0.129. The molecule has 19 heavy (non-hydrogen) atoms. The van der Waals surface area contributed by atoms with Crippen LogP contribution in [0.5, 0.6) is 0 Å². The van der Waals surface area contributed by atoms with Crippen molar-refractivity contribution >= 4 is 5.97 Å². The van der Waals surface area contributed by atoms with Crippen LogP contribution >= 0.6 is 0 Å². The zero-order valence-electron chi connectivity index (χ0n) is 12.4. The van der Waals surface area contributed by atoms with Crippen molar-refractivity contribution in [3.05, 3.63) is 0 Å². The zero-order valence-corrected chi connectivity index (χ0v) is 12.4. The summed E-state index contributed by atoms with van der Waals surface area (Å²) < 4.78 is 11.3. The number of carbonyl (C=O) groups excluding carboxylic acids is 1. The maximum absolute atomic E-state index is 12.2. The van der Waals surface area contributed by atoms with Gasteiger partial charge in [-0.05, 0) is 39.0 Å². The Hall–Kier alpha value is -0.610. The van der Waals surface area contributed by atoms with E-state index in [0.717, 1.165) is 25.7 Å². The molecule has 4 nitrogen and oxygen atoms in total. The van der Waals surface area contributed by atoms with Gasteiger partial charge in [-0.15, -0.1) is 0 Å². The van der Waals surface area contributed by atoms with E-state index in [0.29, 0.717) is 5.92 Å². The first-order valence-electron chi connectivity index (χ1n) is 7.45. The van der Waals surface area contributed by atoms with Crippen molar-refractivity contribution in [1.82, 2.24) is 0 Å². The van der Waals surface area contributed by atoms with Crippen LogP contribution in [0.3, 0.4) is 0 Å². The molecule has 0 aromatic rings. The molecule has 0 aromatic heterocycles. The smallest absolute Gasteiger partial charge is 0.311 e. The van der Waals surface area contributed by atoms with Crippen LogP contribution < -0.4 is 0 Å². The van der Waals surface area contributed by atoms with Crippen LogP contribution in [0, 0.1) is 17.3 Å². The number of hydrogen-bond acceptors (Lipinski definition) is 4. The summed E-state index contributed by atoms with van der Waals surface area (Å²) in [4.78, 5) is 12.2. The lowest BCUT2D eigenvalue weighted by molar-refractivity contribution is -0.175. The molecule has 0 aromatic carbocycles. The molecule has 2 rings (SSSR count). The molecule has 1 aliphatic carbocycles. The monoisotopic (exact) mass is 270 g/mol. The average molecular weight is 270 g/mol. The van der Waals surface area contributed by atoms with Gasteiger partial charge in [0, 0.05) is 5.92 Å². The molecule has 1 saturated heterocycles. The third-order valence-corrected chi connectivity index (χ3v) is 4.95. The molecule has 1 heterocycles. The Morgan fingerprint density at radius 2 is 2.05 bits per heavy atom. The highest BCUT2D eigenvalue weighted by Gasteiger charge is 2.51. The Labute approximate surface area is 115 Å². The van der Waals surface area contributed by atoms with Crippen LogP contribution in [0.4, 0.5) is 0 Å². The standard InChI is InChI=1S/C15H26O4/c1-5-9-10-7-8-11(12(9)19-13(10)16)18-14(17)15(3,4)6-2/h9-13,16H,5-8H2,1-4H3. The second-order valence-electron chi connectivity index (χ2n) is 6.49. The van der Waals surface area contributed by atoms with Gasteiger partial charge in [-0.25, -0.2) is 0 Å². The fraction of sp³-hybridized carbons (Fsp3) is 0.933. The maximum Gasteiger partial charge on any atom is 0.311 e. The van der Waals surface area contributed by atoms with E-state index >= 15 is 0 Å². The Morgan fingerprint density at radius 1 is 1.37 bits per heavy atom. The summed E-state index contributed by atoms with van der Waals surface area (Å²) in [5.41, 5.74) is -0.449. The van der Waals surface area contributed by atoms with E-state index in [4.69, 9.17) is 9.47 Å². The average Bonchev–Trinajstić information content (AvgIpc) is 2.61. The van der Waals surface area contributed by atoms with Crippen molar-refractivity contribution in [3.8, 4) is 0 Å². The third-order valence-electron chi connectivity index (χ3n) is 4.95. The number of ether oxygens (including phenoxy) is 2. The van der Waals surface area contributed by atoms with Crippen LogP contribution in [0.25, 0.3) is 0 Å². The van der Waals surface area contributed by atoms with Crippen LogP contribution in [-0.4, -0.2) is 29.6 Å². The lowest BCUT2D eigenvalue weighted by Gasteiger charge is -2.35. The molecule has 1 saturated carbocycles. The predicted octanol–water partition coefficient (Wildman–Crippen LogP) is 2.49. The summed E-state index contributed by atoms with van der Waals surface area (Å²) in [6, 6.07) is 0. The first-order chi connectivity index (χ1) is 8.90. The van der Waals surface area contributed by atoms with Gasteiger partial charge in [0.05, 0.1) is 5.41 Å². The van der Waals surface area contributed by atoms with E-state index in [-0.39, 0.29) is 24.1 Å². The molecule has 5 atom stereocenters. The Bertz CT molecular complexity index is 339. The molecule has 110 valence electrons. The minimum Gasteiger partial charge on any atom is -0.459 e. The predicted molar refractivity (Wildman–Crippen MR) is 71.3 cm³/mol. The first kappa shape index (κ1) is 14.8.